The third kappa shape index (κ3) is 3.80. The molecule has 2 aromatic rings. The van der Waals surface area contributed by atoms with Gasteiger partial charge in [0.2, 0.25) is 5.91 Å². The number of likely N-dealkylation sites (tertiary alicyclic amines) is 1. The van der Waals surface area contributed by atoms with Crippen LogP contribution in [0.4, 0.5) is 0 Å². The van der Waals surface area contributed by atoms with Crippen LogP contribution >= 0.6 is 11.6 Å². The first-order chi connectivity index (χ1) is 16.3. The Morgan fingerprint density at radius 2 is 1.82 bits per heavy atom. The highest BCUT2D eigenvalue weighted by molar-refractivity contribution is 6.31. The molecule has 0 bridgehead atoms. The van der Waals surface area contributed by atoms with Crippen molar-refractivity contribution in [2.75, 3.05) is 26.7 Å². The van der Waals surface area contributed by atoms with E-state index in [1.807, 2.05) is 29.2 Å². The Hall–Kier alpha value is -2.78. The smallest absolute Gasteiger partial charge is 0.337 e. The summed E-state index contributed by atoms with van der Waals surface area (Å²) in [6.45, 7) is 1.96. The largest absolute Gasteiger partial charge is 0.465 e. The number of rotatable bonds is 5. The van der Waals surface area contributed by atoms with Crippen LogP contribution in [0.15, 0.2) is 48.5 Å². The fourth-order valence-electron chi connectivity index (χ4n) is 5.36. The van der Waals surface area contributed by atoms with Crippen molar-refractivity contribution in [1.82, 2.24) is 14.7 Å². The van der Waals surface area contributed by atoms with Crippen LogP contribution in [-0.2, 0) is 27.4 Å². The number of methoxy groups -OCH3 is 1. The third-order valence-electron chi connectivity index (χ3n) is 7.06. The van der Waals surface area contributed by atoms with E-state index in [-0.39, 0.29) is 18.4 Å². The quantitative estimate of drug-likeness (QED) is 0.511. The molecule has 0 unspecified atom stereocenters. The lowest BCUT2D eigenvalue weighted by Crippen LogP contribution is -2.81. The van der Waals surface area contributed by atoms with Crippen molar-refractivity contribution in [3.8, 4) is 0 Å². The Kier molecular flexibility index (Phi) is 5.93. The number of aliphatic hydroxyl groups excluding tert-OH is 1. The predicted octanol–water partition coefficient (Wildman–Crippen LogP) is 1.69. The molecule has 2 amide bonds. The summed E-state index contributed by atoms with van der Waals surface area (Å²) < 4.78 is 4.73. The standard InChI is InChI=1S/C25H26ClN3O5/c1-34-23(32)17-8-6-16(7-9-17)11-28-22(31)21-10-19(30)13-29(21)25(24(28)33)14-27(15-25)12-18-4-2-3-5-20(18)26/h2-9,19,21,30H,10-15H2,1H3/t19-,21+/m1/s1. The molecule has 0 aromatic heterocycles. The average molecular weight is 484 g/mol. The number of fused-ring (bicyclic) bond motifs is 2. The van der Waals surface area contributed by atoms with Gasteiger partial charge in [0.15, 0.2) is 0 Å². The van der Waals surface area contributed by atoms with Gasteiger partial charge in [0, 0.05) is 31.2 Å². The fourth-order valence-corrected chi connectivity index (χ4v) is 5.56. The summed E-state index contributed by atoms with van der Waals surface area (Å²) in [4.78, 5) is 44.1. The minimum absolute atomic E-state index is 0.117. The molecule has 3 aliphatic rings. The number of aliphatic hydroxyl groups is 1. The summed E-state index contributed by atoms with van der Waals surface area (Å²) in [5.74, 6) is -0.969. The number of piperazine rings is 1. The Bertz CT molecular complexity index is 1130. The number of esters is 1. The number of hydrogen-bond acceptors (Lipinski definition) is 7. The number of carbonyl (C=O) groups excluding carboxylic acids is 3. The zero-order chi connectivity index (χ0) is 24.0. The molecular formula is C25H26ClN3O5. The molecule has 178 valence electrons. The second-order valence-electron chi connectivity index (χ2n) is 9.24. The van der Waals surface area contributed by atoms with Gasteiger partial charge in [0.25, 0.3) is 5.91 Å². The van der Waals surface area contributed by atoms with E-state index in [0.717, 1.165) is 11.1 Å². The number of imide groups is 1. The molecule has 3 aliphatic heterocycles. The molecule has 1 N–H and O–H groups in total. The first-order valence-electron chi connectivity index (χ1n) is 11.3. The number of ether oxygens (including phenoxy) is 1. The lowest BCUT2D eigenvalue weighted by atomic mass is 9.82. The zero-order valence-corrected chi connectivity index (χ0v) is 19.6. The van der Waals surface area contributed by atoms with E-state index in [9.17, 15) is 19.5 Å². The second kappa shape index (κ2) is 8.78. The van der Waals surface area contributed by atoms with E-state index in [1.165, 1.54) is 12.0 Å². The normalized spacial score (nSPS) is 24.3. The molecule has 5 rings (SSSR count). The maximum Gasteiger partial charge on any atom is 0.337 e. The molecular weight excluding hydrogens is 458 g/mol. The summed E-state index contributed by atoms with van der Waals surface area (Å²) in [6.07, 6.45) is -0.327. The van der Waals surface area contributed by atoms with E-state index in [4.69, 9.17) is 16.3 Å². The lowest BCUT2D eigenvalue weighted by molar-refractivity contribution is -0.181. The predicted molar refractivity (Wildman–Crippen MR) is 124 cm³/mol. The Morgan fingerprint density at radius 3 is 2.50 bits per heavy atom. The van der Waals surface area contributed by atoms with Gasteiger partial charge in [-0.05, 0) is 35.7 Å². The number of carbonyl (C=O) groups is 3. The average Bonchev–Trinajstić information content (AvgIpc) is 3.21. The minimum atomic E-state index is -0.844. The number of benzene rings is 2. The van der Waals surface area contributed by atoms with Crippen LogP contribution in [0.5, 0.6) is 0 Å². The minimum Gasteiger partial charge on any atom is -0.465 e. The van der Waals surface area contributed by atoms with Gasteiger partial charge in [-0.25, -0.2) is 4.79 Å². The van der Waals surface area contributed by atoms with E-state index in [0.29, 0.717) is 43.2 Å². The number of amides is 2. The number of nitrogens with zero attached hydrogens (tertiary/aromatic N) is 3. The van der Waals surface area contributed by atoms with Gasteiger partial charge in [-0.2, -0.15) is 0 Å². The Balaban J connectivity index is 1.37. The van der Waals surface area contributed by atoms with Crippen LogP contribution in [0.2, 0.25) is 5.02 Å². The number of hydrogen-bond donors (Lipinski definition) is 1. The molecule has 2 aromatic carbocycles. The first-order valence-corrected chi connectivity index (χ1v) is 11.6. The van der Waals surface area contributed by atoms with Crippen LogP contribution in [0.3, 0.4) is 0 Å². The monoisotopic (exact) mass is 483 g/mol. The van der Waals surface area contributed by atoms with Crippen LogP contribution in [0, 0.1) is 0 Å². The maximum atomic E-state index is 13.7. The molecule has 3 saturated heterocycles. The molecule has 34 heavy (non-hydrogen) atoms. The van der Waals surface area contributed by atoms with Crippen molar-refractivity contribution in [2.24, 2.45) is 0 Å². The maximum absolute atomic E-state index is 13.7. The van der Waals surface area contributed by atoms with Crippen molar-refractivity contribution in [2.45, 2.75) is 37.2 Å². The van der Waals surface area contributed by atoms with Crippen LogP contribution < -0.4 is 0 Å². The molecule has 0 aliphatic carbocycles. The van der Waals surface area contributed by atoms with E-state index in [2.05, 4.69) is 4.90 Å². The molecule has 1 spiro atoms. The van der Waals surface area contributed by atoms with Crippen molar-refractivity contribution in [3.05, 3.63) is 70.2 Å². The molecule has 3 heterocycles. The molecule has 8 nitrogen and oxygen atoms in total. The van der Waals surface area contributed by atoms with Crippen LogP contribution in [0.25, 0.3) is 0 Å². The molecule has 9 heteroatoms. The SMILES string of the molecule is COC(=O)c1ccc(CN2C(=O)[C@@H]3C[C@@H](O)CN3C3(CN(Cc4ccccc4Cl)C3)C2=O)cc1. The molecule has 0 radical (unpaired) electrons. The van der Waals surface area contributed by atoms with Gasteiger partial charge < -0.3 is 9.84 Å². The second-order valence-corrected chi connectivity index (χ2v) is 9.65. The molecule has 3 fully saturated rings. The fraction of sp³-hybridized carbons (Fsp3) is 0.400. The highest BCUT2D eigenvalue weighted by Gasteiger charge is 2.64. The van der Waals surface area contributed by atoms with Crippen molar-refractivity contribution in [1.29, 1.82) is 0 Å². The molecule has 0 saturated carbocycles. The Morgan fingerprint density at radius 1 is 1.12 bits per heavy atom. The highest BCUT2D eigenvalue weighted by atomic mass is 35.5. The van der Waals surface area contributed by atoms with Gasteiger partial charge in [-0.1, -0.05) is 41.9 Å². The lowest BCUT2D eigenvalue weighted by Gasteiger charge is -2.58. The van der Waals surface area contributed by atoms with Gasteiger partial charge in [-0.15, -0.1) is 0 Å². The molecule has 2 atom stereocenters. The summed E-state index contributed by atoms with van der Waals surface area (Å²) >= 11 is 6.32. The van der Waals surface area contributed by atoms with Crippen molar-refractivity contribution < 1.29 is 24.2 Å². The Labute approximate surface area is 202 Å². The highest BCUT2D eigenvalue weighted by Crippen LogP contribution is 2.41. The van der Waals surface area contributed by atoms with E-state index in [1.54, 1.807) is 24.3 Å². The summed E-state index contributed by atoms with van der Waals surface area (Å²) in [6, 6.07) is 13.8. The van der Waals surface area contributed by atoms with Gasteiger partial charge in [-0.3, -0.25) is 24.3 Å². The third-order valence-corrected chi connectivity index (χ3v) is 7.43. The van der Waals surface area contributed by atoms with Gasteiger partial charge in [0.1, 0.15) is 5.54 Å². The number of halogens is 1. The summed E-state index contributed by atoms with van der Waals surface area (Å²) in [5.41, 5.74) is 1.28. The van der Waals surface area contributed by atoms with Crippen molar-refractivity contribution in [3.63, 3.8) is 0 Å². The number of β-amino-alcohol motifs (C(OH)–C–C–N with tert-alkyl or cyclic N) is 1. The van der Waals surface area contributed by atoms with Crippen molar-refractivity contribution >= 4 is 29.4 Å². The summed E-state index contributed by atoms with van der Waals surface area (Å²) in [7, 11) is 1.32. The van der Waals surface area contributed by atoms with Gasteiger partial charge in [0.05, 0.1) is 31.4 Å². The topological polar surface area (TPSA) is 90.4 Å². The first kappa shape index (κ1) is 23.0. The summed E-state index contributed by atoms with van der Waals surface area (Å²) in [5, 5.41) is 11.0. The van der Waals surface area contributed by atoms with Crippen LogP contribution in [0.1, 0.15) is 27.9 Å². The van der Waals surface area contributed by atoms with E-state index >= 15 is 0 Å². The van der Waals surface area contributed by atoms with Crippen LogP contribution in [-0.4, -0.2) is 82.0 Å². The van der Waals surface area contributed by atoms with E-state index < -0.39 is 23.7 Å². The van der Waals surface area contributed by atoms with Gasteiger partial charge >= 0.3 is 5.97 Å². The zero-order valence-electron chi connectivity index (χ0n) is 18.8.